The van der Waals surface area contributed by atoms with Crippen molar-refractivity contribution in [3.63, 3.8) is 0 Å². The average Bonchev–Trinajstić information content (AvgIpc) is 2.42. The highest BCUT2D eigenvalue weighted by molar-refractivity contribution is 5.87. The number of carbonyl (C=O) groups excluding carboxylic acids is 1. The molecule has 0 aromatic heterocycles. The van der Waals surface area contributed by atoms with Gasteiger partial charge in [-0.2, -0.15) is 0 Å². The molecule has 0 saturated carbocycles. The predicted octanol–water partition coefficient (Wildman–Crippen LogP) is 3.02. The van der Waals surface area contributed by atoms with Crippen molar-refractivity contribution >= 4 is 12.1 Å². The summed E-state index contributed by atoms with van der Waals surface area (Å²) in [6.07, 6.45) is -0.282. The third kappa shape index (κ3) is 8.53. The maximum absolute atomic E-state index is 11.8. The van der Waals surface area contributed by atoms with E-state index in [0.717, 1.165) is 6.42 Å². The summed E-state index contributed by atoms with van der Waals surface area (Å²) >= 11 is 0. The highest BCUT2D eigenvalue weighted by Crippen LogP contribution is 2.25. The van der Waals surface area contributed by atoms with Crippen molar-refractivity contribution < 1.29 is 38.7 Å². The fourth-order valence-corrected chi connectivity index (χ4v) is 1.55. The number of esters is 1. The van der Waals surface area contributed by atoms with Crippen LogP contribution in [0.3, 0.4) is 0 Å². The number of carbonyl (C=O) groups is 2. The topological polar surface area (TPSA) is 101 Å². The second-order valence-corrected chi connectivity index (χ2v) is 5.53. The van der Waals surface area contributed by atoms with Crippen molar-refractivity contribution in [2.45, 2.75) is 59.0 Å². The number of ether oxygens (including phenoxy) is 3. The van der Waals surface area contributed by atoms with Crippen LogP contribution in [0, 0.1) is 0 Å². The molecule has 0 aliphatic rings. The Labute approximate surface area is 136 Å². The first-order chi connectivity index (χ1) is 10.6. The van der Waals surface area contributed by atoms with Crippen LogP contribution in [0.4, 0.5) is 4.79 Å². The average molecular weight is 334 g/mol. The van der Waals surface area contributed by atoms with E-state index >= 15 is 0 Å². The summed E-state index contributed by atoms with van der Waals surface area (Å²) in [7, 11) is 0. The smallest absolute Gasteiger partial charge is 0.450 e. The van der Waals surface area contributed by atoms with Gasteiger partial charge >= 0.3 is 18.1 Å². The van der Waals surface area contributed by atoms with Crippen molar-refractivity contribution in [2.24, 2.45) is 0 Å². The van der Waals surface area contributed by atoms with Gasteiger partial charge in [0.2, 0.25) is 0 Å². The third-order valence-corrected chi connectivity index (χ3v) is 2.57. The maximum atomic E-state index is 11.8. The lowest BCUT2D eigenvalue weighted by Gasteiger charge is -2.32. The minimum absolute atomic E-state index is 0.0382. The molecule has 1 N–H and O–H groups in total. The van der Waals surface area contributed by atoms with Gasteiger partial charge in [0.15, 0.2) is 6.61 Å². The Balaban J connectivity index is 5.29. The van der Waals surface area contributed by atoms with Crippen LogP contribution in [0.1, 0.15) is 47.5 Å². The van der Waals surface area contributed by atoms with Gasteiger partial charge in [0.25, 0.3) is 0 Å². The minimum atomic E-state index is -2.37. The Morgan fingerprint density at radius 3 is 2.17 bits per heavy atom. The molecule has 0 rings (SSSR count). The Kier molecular flexibility index (Phi) is 8.81. The highest BCUT2D eigenvalue weighted by Gasteiger charge is 2.44. The van der Waals surface area contributed by atoms with Gasteiger partial charge in [-0.3, -0.25) is 0 Å². The quantitative estimate of drug-likeness (QED) is 0.202. The highest BCUT2D eigenvalue weighted by atomic mass is 17.3. The van der Waals surface area contributed by atoms with E-state index in [9.17, 15) is 9.59 Å². The van der Waals surface area contributed by atoms with Gasteiger partial charge in [0, 0.05) is 12.2 Å². The molecule has 23 heavy (non-hydrogen) atoms. The Morgan fingerprint density at radius 2 is 1.74 bits per heavy atom. The summed E-state index contributed by atoms with van der Waals surface area (Å²) in [6.45, 7) is 11.7. The predicted molar refractivity (Wildman–Crippen MR) is 80.4 cm³/mol. The molecule has 0 bridgehead atoms. The zero-order valence-corrected chi connectivity index (χ0v) is 14.3. The lowest BCUT2D eigenvalue weighted by Crippen LogP contribution is -2.48. The van der Waals surface area contributed by atoms with Crippen LogP contribution in [-0.4, -0.2) is 42.0 Å². The molecule has 0 saturated heterocycles. The summed E-state index contributed by atoms with van der Waals surface area (Å²) in [4.78, 5) is 33.0. The number of hydrogen-bond acceptors (Lipinski definition) is 7. The van der Waals surface area contributed by atoms with Crippen LogP contribution in [0.5, 0.6) is 0 Å². The molecule has 0 aliphatic heterocycles. The summed E-state index contributed by atoms with van der Waals surface area (Å²) < 4.78 is 14.7. The SMILES string of the molecule is C=C(C)C(=O)OC(COCC)(OOC(C)(C)CCC)OC(=O)O. The number of carboxylic acid groups (broad SMARTS) is 1. The molecule has 0 aromatic rings. The van der Waals surface area contributed by atoms with Crippen molar-refractivity contribution in [2.75, 3.05) is 13.2 Å². The van der Waals surface area contributed by atoms with E-state index < -0.39 is 30.3 Å². The van der Waals surface area contributed by atoms with Crippen molar-refractivity contribution in [3.05, 3.63) is 12.2 Å². The van der Waals surface area contributed by atoms with E-state index in [1.54, 1.807) is 20.8 Å². The fourth-order valence-electron chi connectivity index (χ4n) is 1.55. The molecule has 0 heterocycles. The molecule has 0 fully saturated rings. The second kappa shape index (κ2) is 9.49. The Bertz CT molecular complexity index is 418. The molecule has 0 radical (unpaired) electrons. The van der Waals surface area contributed by atoms with E-state index in [-0.39, 0.29) is 12.2 Å². The van der Waals surface area contributed by atoms with Gasteiger partial charge in [-0.15, -0.1) is 4.89 Å². The first-order valence-corrected chi connectivity index (χ1v) is 7.33. The van der Waals surface area contributed by atoms with Crippen molar-refractivity contribution in [1.29, 1.82) is 0 Å². The number of hydrogen-bond donors (Lipinski definition) is 1. The summed E-state index contributed by atoms with van der Waals surface area (Å²) in [6, 6.07) is 0. The van der Waals surface area contributed by atoms with Gasteiger partial charge in [0.1, 0.15) is 0 Å². The van der Waals surface area contributed by atoms with Crippen LogP contribution in [0.25, 0.3) is 0 Å². The van der Waals surface area contributed by atoms with Gasteiger partial charge < -0.3 is 19.3 Å². The van der Waals surface area contributed by atoms with E-state index in [4.69, 9.17) is 24.4 Å². The summed E-state index contributed by atoms with van der Waals surface area (Å²) in [5, 5.41) is 8.91. The van der Waals surface area contributed by atoms with Crippen LogP contribution >= 0.6 is 0 Å². The van der Waals surface area contributed by atoms with Crippen LogP contribution in [-0.2, 0) is 28.8 Å². The zero-order chi connectivity index (χ0) is 18.1. The van der Waals surface area contributed by atoms with E-state index in [1.165, 1.54) is 6.92 Å². The first-order valence-electron chi connectivity index (χ1n) is 7.33. The summed E-state index contributed by atoms with van der Waals surface area (Å²) in [5.41, 5.74) is -0.708. The maximum Gasteiger partial charge on any atom is 0.511 e. The molecule has 0 amide bonds. The molecule has 0 aromatic carbocycles. The first kappa shape index (κ1) is 21.4. The van der Waals surface area contributed by atoms with Crippen LogP contribution in [0.15, 0.2) is 12.2 Å². The van der Waals surface area contributed by atoms with Crippen molar-refractivity contribution in [1.82, 2.24) is 0 Å². The molecule has 8 heteroatoms. The van der Waals surface area contributed by atoms with E-state index in [2.05, 4.69) is 11.3 Å². The number of rotatable bonds is 11. The second-order valence-electron chi connectivity index (χ2n) is 5.53. The van der Waals surface area contributed by atoms with E-state index in [0.29, 0.717) is 6.42 Å². The van der Waals surface area contributed by atoms with Gasteiger partial charge in [-0.1, -0.05) is 19.9 Å². The molecule has 134 valence electrons. The standard InChI is InChI=1S/C15H26O8/c1-7-9-14(5,6)22-23-15(10-19-8-2,21-13(17)18)20-12(16)11(3)4/h3,7-10H2,1-2,4-6H3,(H,17,18). The van der Waals surface area contributed by atoms with Crippen LogP contribution in [0.2, 0.25) is 0 Å². The molecular formula is C15H26O8. The monoisotopic (exact) mass is 334 g/mol. The molecule has 1 atom stereocenters. The van der Waals surface area contributed by atoms with Gasteiger partial charge in [-0.25, -0.2) is 14.5 Å². The van der Waals surface area contributed by atoms with Crippen molar-refractivity contribution in [3.8, 4) is 0 Å². The van der Waals surface area contributed by atoms with Crippen LogP contribution < -0.4 is 0 Å². The summed E-state index contributed by atoms with van der Waals surface area (Å²) in [5.74, 6) is -3.27. The largest absolute Gasteiger partial charge is 0.511 e. The Morgan fingerprint density at radius 1 is 1.13 bits per heavy atom. The van der Waals surface area contributed by atoms with Gasteiger partial charge in [-0.05, 0) is 34.1 Å². The normalized spacial score (nSPS) is 14.0. The lowest BCUT2D eigenvalue weighted by atomic mass is 10.0. The minimum Gasteiger partial charge on any atom is -0.450 e. The van der Waals surface area contributed by atoms with E-state index in [1.807, 2.05) is 6.92 Å². The molecule has 8 nitrogen and oxygen atoms in total. The fraction of sp³-hybridized carbons (Fsp3) is 0.733. The zero-order valence-electron chi connectivity index (χ0n) is 14.3. The lowest BCUT2D eigenvalue weighted by molar-refractivity contribution is -0.513. The Hall–Kier alpha value is -1.64. The molecule has 0 spiro atoms. The molecular weight excluding hydrogens is 308 g/mol. The van der Waals surface area contributed by atoms with Gasteiger partial charge in [0.05, 0.1) is 5.60 Å². The molecule has 1 unspecified atom stereocenters. The third-order valence-electron chi connectivity index (χ3n) is 2.57. The molecule has 0 aliphatic carbocycles.